The van der Waals surface area contributed by atoms with Crippen LogP contribution in [0.3, 0.4) is 0 Å². The van der Waals surface area contributed by atoms with Crippen LogP contribution in [0.2, 0.25) is 0 Å². The first-order valence-corrected chi connectivity index (χ1v) is 7.98. The average molecular weight is 328 g/mol. The summed E-state index contributed by atoms with van der Waals surface area (Å²) in [7, 11) is 0. The Morgan fingerprint density at radius 1 is 0.792 bits per heavy atom. The molecule has 0 radical (unpaired) electrons. The van der Waals surface area contributed by atoms with E-state index in [1.165, 1.54) is 6.92 Å². The van der Waals surface area contributed by atoms with E-state index in [4.69, 9.17) is 9.47 Å². The van der Waals surface area contributed by atoms with E-state index < -0.39 is 6.29 Å². The highest BCUT2D eigenvalue weighted by Crippen LogP contribution is 2.08. The molecule has 0 N–H and O–H groups in total. The van der Waals surface area contributed by atoms with Crippen molar-refractivity contribution in [2.45, 2.75) is 27.1 Å². The molecule has 2 aromatic rings. The van der Waals surface area contributed by atoms with Crippen LogP contribution in [0.15, 0.2) is 60.7 Å². The van der Waals surface area contributed by atoms with Gasteiger partial charge in [-0.1, -0.05) is 60.7 Å². The molecule has 0 bridgehead atoms. The van der Waals surface area contributed by atoms with Crippen molar-refractivity contribution < 1.29 is 19.1 Å². The molecule has 2 aromatic carbocycles. The Hall–Kier alpha value is -2.30. The predicted molar refractivity (Wildman–Crippen MR) is 94.0 cm³/mol. The standard InChI is InChI=1S/C13H10O.C7H14O3/c14-13(11-7-3-1-4-8-11)12-9-5-2-6-10-12;1-4-9-7(6(3)8)10-5-2/h1-10H;7H,4-5H2,1-3H3. The van der Waals surface area contributed by atoms with Gasteiger partial charge < -0.3 is 9.47 Å². The Bertz CT molecular complexity index is 561. The molecule has 0 aliphatic heterocycles. The van der Waals surface area contributed by atoms with Crippen LogP contribution in [0.5, 0.6) is 0 Å². The van der Waals surface area contributed by atoms with Crippen molar-refractivity contribution in [2.75, 3.05) is 13.2 Å². The van der Waals surface area contributed by atoms with Crippen LogP contribution in [0.25, 0.3) is 0 Å². The zero-order valence-electron chi connectivity index (χ0n) is 14.4. The molecule has 0 unspecified atom stereocenters. The van der Waals surface area contributed by atoms with E-state index in [1.807, 2.05) is 74.5 Å². The monoisotopic (exact) mass is 328 g/mol. The van der Waals surface area contributed by atoms with Gasteiger partial charge in [0, 0.05) is 24.3 Å². The molecule has 0 fully saturated rings. The second-order valence-electron chi connectivity index (χ2n) is 4.91. The fourth-order valence-electron chi connectivity index (χ4n) is 1.93. The maximum absolute atomic E-state index is 11.8. The molecular formula is C20H24O4. The van der Waals surface area contributed by atoms with Gasteiger partial charge in [-0.3, -0.25) is 9.59 Å². The number of ether oxygens (including phenoxy) is 2. The zero-order chi connectivity index (χ0) is 17.8. The number of carbonyl (C=O) groups is 2. The van der Waals surface area contributed by atoms with E-state index in [9.17, 15) is 9.59 Å². The molecule has 4 heteroatoms. The van der Waals surface area contributed by atoms with Crippen LogP contribution >= 0.6 is 0 Å². The van der Waals surface area contributed by atoms with Crippen LogP contribution in [-0.2, 0) is 14.3 Å². The van der Waals surface area contributed by atoms with Gasteiger partial charge in [0.25, 0.3) is 0 Å². The highest BCUT2D eigenvalue weighted by Gasteiger charge is 2.12. The van der Waals surface area contributed by atoms with Gasteiger partial charge in [0.05, 0.1) is 0 Å². The summed E-state index contributed by atoms with van der Waals surface area (Å²) >= 11 is 0. The molecule has 0 saturated heterocycles. The molecule has 0 aliphatic carbocycles. The molecule has 2 rings (SSSR count). The van der Waals surface area contributed by atoms with Crippen molar-refractivity contribution in [1.29, 1.82) is 0 Å². The van der Waals surface area contributed by atoms with Crippen LogP contribution in [0, 0.1) is 0 Å². The second kappa shape index (κ2) is 11.3. The lowest BCUT2D eigenvalue weighted by molar-refractivity contribution is -0.165. The van der Waals surface area contributed by atoms with Gasteiger partial charge in [0.15, 0.2) is 11.6 Å². The maximum atomic E-state index is 11.8. The summed E-state index contributed by atoms with van der Waals surface area (Å²) < 4.78 is 9.94. The van der Waals surface area contributed by atoms with E-state index in [-0.39, 0.29) is 11.6 Å². The van der Waals surface area contributed by atoms with Crippen molar-refractivity contribution in [3.8, 4) is 0 Å². The van der Waals surface area contributed by atoms with Crippen molar-refractivity contribution in [3.63, 3.8) is 0 Å². The van der Waals surface area contributed by atoms with E-state index in [0.717, 1.165) is 11.1 Å². The molecule has 0 amide bonds. The Labute approximate surface area is 143 Å². The summed E-state index contributed by atoms with van der Waals surface area (Å²) in [6.45, 7) is 6.12. The molecule has 0 saturated carbocycles. The van der Waals surface area contributed by atoms with Crippen molar-refractivity contribution in [3.05, 3.63) is 71.8 Å². The molecular weight excluding hydrogens is 304 g/mol. The number of Topliss-reactive ketones (excluding diaryl/α,β-unsaturated/α-hetero) is 1. The van der Waals surface area contributed by atoms with Gasteiger partial charge in [-0.15, -0.1) is 0 Å². The fourth-order valence-corrected chi connectivity index (χ4v) is 1.93. The fraction of sp³-hybridized carbons (Fsp3) is 0.300. The van der Waals surface area contributed by atoms with Crippen LogP contribution in [0.4, 0.5) is 0 Å². The lowest BCUT2D eigenvalue weighted by Gasteiger charge is -2.12. The average Bonchev–Trinajstić information content (AvgIpc) is 2.63. The van der Waals surface area contributed by atoms with Crippen LogP contribution < -0.4 is 0 Å². The van der Waals surface area contributed by atoms with Crippen molar-refractivity contribution >= 4 is 11.6 Å². The van der Waals surface area contributed by atoms with Gasteiger partial charge in [-0.05, 0) is 20.8 Å². The number of hydrogen-bond donors (Lipinski definition) is 0. The SMILES string of the molecule is CCOC(OCC)C(C)=O.O=C(c1ccccc1)c1ccccc1. The van der Waals surface area contributed by atoms with E-state index >= 15 is 0 Å². The molecule has 4 nitrogen and oxygen atoms in total. The summed E-state index contributed by atoms with van der Waals surface area (Å²) in [5.41, 5.74) is 1.47. The Balaban J connectivity index is 0.000000257. The highest BCUT2D eigenvalue weighted by atomic mass is 16.7. The number of carbonyl (C=O) groups excluding carboxylic acids is 2. The van der Waals surface area contributed by atoms with Gasteiger partial charge in [-0.25, -0.2) is 0 Å². The quantitative estimate of drug-likeness (QED) is 0.571. The minimum Gasteiger partial charge on any atom is -0.346 e. The Morgan fingerprint density at radius 3 is 1.46 bits per heavy atom. The van der Waals surface area contributed by atoms with Crippen LogP contribution in [-0.4, -0.2) is 31.1 Å². The maximum Gasteiger partial charge on any atom is 0.217 e. The van der Waals surface area contributed by atoms with Crippen LogP contribution in [0.1, 0.15) is 36.7 Å². The third kappa shape index (κ3) is 6.86. The first-order chi connectivity index (χ1) is 11.6. The predicted octanol–water partition coefficient (Wildman–Crippen LogP) is 3.89. The molecule has 0 aromatic heterocycles. The molecule has 128 valence electrons. The summed E-state index contributed by atoms with van der Waals surface area (Å²) in [5.74, 6) is -0.00472. The lowest BCUT2D eigenvalue weighted by Crippen LogP contribution is -2.25. The highest BCUT2D eigenvalue weighted by molar-refractivity contribution is 6.08. The normalized spacial score (nSPS) is 10.0. The first-order valence-electron chi connectivity index (χ1n) is 7.98. The topological polar surface area (TPSA) is 52.6 Å². The summed E-state index contributed by atoms with van der Waals surface area (Å²) in [4.78, 5) is 22.5. The van der Waals surface area contributed by atoms with Crippen molar-refractivity contribution in [2.24, 2.45) is 0 Å². The smallest absolute Gasteiger partial charge is 0.217 e. The minimum atomic E-state index is -0.657. The zero-order valence-corrected chi connectivity index (χ0v) is 14.4. The molecule has 0 atom stereocenters. The third-order valence-electron chi connectivity index (χ3n) is 3.04. The molecule has 0 aliphatic rings. The lowest BCUT2D eigenvalue weighted by atomic mass is 10.0. The summed E-state index contributed by atoms with van der Waals surface area (Å²) in [6, 6.07) is 18.6. The van der Waals surface area contributed by atoms with Crippen molar-refractivity contribution in [1.82, 2.24) is 0 Å². The first kappa shape index (κ1) is 19.7. The van der Waals surface area contributed by atoms with Gasteiger partial charge >= 0.3 is 0 Å². The van der Waals surface area contributed by atoms with E-state index in [1.54, 1.807) is 0 Å². The number of ketones is 2. The largest absolute Gasteiger partial charge is 0.346 e. The number of rotatable bonds is 7. The molecule has 24 heavy (non-hydrogen) atoms. The van der Waals surface area contributed by atoms with Gasteiger partial charge in [0.2, 0.25) is 6.29 Å². The molecule has 0 heterocycles. The number of hydrogen-bond acceptors (Lipinski definition) is 4. The van der Waals surface area contributed by atoms with E-state index in [2.05, 4.69) is 0 Å². The molecule has 0 spiro atoms. The van der Waals surface area contributed by atoms with Gasteiger partial charge in [0.1, 0.15) is 0 Å². The summed E-state index contributed by atoms with van der Waals surface area (Å²) in [6.07, 6.45) is -0.657. The Morgan fingerprint density at radius 2 is 1.17 bits per heavy atom. The third-order valence-corrected chi connectivity index (χ3v) is 3.04. The number of benzene rings is 2. The summed E-state index contributed by atoms with van der Waals surface area (Å²) in [5, 5.41) is 0. The second-order valence-corrected chi connectivity index (χ2v) is 4.91. The Kier molecular flexibility index (Phi) is 9.27. The van der Waals surface area contributed by atoms with E-state index in [0.29, 0.717) is 13.2 Å². The van der Waals surface area contributed by atoms with Gasteiger partial charge in [-0.2, -0.15) is 0 Å². The minimum absolute atomic E-state index is 0.0752.